The smallest absolute Gasteiger partial charge is 0.0335 e. The molecule has 2 unspecified atom stereocenters. The molecule has 3 heteroatoms. The van der Waals surface area contributed by atoms with E-state index in [-0.39, 0.29) is 6.04 Å². The number of hydrogen-bond acceptors (Lipinski definition) is 3. The highest BCUT2D eigenvalue weighted by Crippen LogP contribution is 2.26. The predicted octanol–water partition coefficient (Wildman–Crippen LogP) is 2.41. The van der Waals surface area contributed by atoms with E-state index in [0.29, 0.717) is 5.92 Å². The first kappa shape index (κ1) is 12.0. The molecule has 1 saturated heterocycles. The summed E-state index contributed by atoms with van der Waals surface area (Å²) in [7, 11) is 0. The van der Waals surface area contributed by atoms with Gasteiger partial charge in [-0.1, -0.05) is 12.1 Å². The molecule has 0 amide bonds. The molecule has 16 heavy (non-hydrogen) atoms. The van der Waals surface area contributed by atoms with Crippen molar-refractivity contribution < 1.29 is 0 Å². The maximum Gasteiger partial charge on any atom is 0.0335 e. The van der Waals surface area contributed by atoms with E-state index in [4.69, 9.17) is 5.73 Å². The Morgan fingerprint density at radius 3 is 2.69 bits per heavy atom. The SMILES string of the molecule is CSc1ccc(C(N)C2CCCNC2)cc1. The van der Waals surface area contributed by atoms with Gasteiger partial charge in [0.25, 0.3) is 0 Å². The summed E-state index contributed by atoms with van der Waals surface area (Å²) in [6.45, 7) is 2.21. The zero-order valence-corrected chi connectivity index (χ0v) is 10.6. The topological polar surface area (TPSA) is 38.0 Å². The lowest BCUT2D eigenvalue weighted by Crippen LogP contribution is -2.36. The van der Waals surface area contributed by atoms with Gasteiger partial charge in [0, 0.05) is 10.9 Å². The molecule has 0 aromatic heterocycles. The Hall–Kier alpha value is -0.510. The van der Waals surface area contributed by atoms with Crippen molar-refractivity contribution in [2.24, 2.45) is 11.7 Å². The van der Waals surface area contributed by atoms with Gasteiger partial charge < -0.3 is 11.1 Å². The molecule has 1 aliphatic heterocycles. The highest BCUT2D eigenvalue weighted by atomic mass is 32.2. The van der Waals surface area contributed by atoms with Crippen molar-refractivity contribution in [2.45, 2.75) is 23.8 Å². The van der Waals surface area contributed by atoms with Crippen LogP contribution in [0.2, 0.25) is 0 Å². The number of nitrogens with two attached hydrogens (primary N) is 1. The van der Waals surface area contributed by atoms with Gasteiger partial charge in [-0.25, -0.2) is 0 Å². The Bertz CT molecular complexity index is 317. The van der Waals surface area contributed by atoms with Gasteiger partial charge in [0.15, 0.2) is 0 Å². The fourth-order valence-corrected chi connectivity index (χ4v) is 2.69. The van der Waals surface area contributed by atoms with Gasteiger partial charge in [0.05, 0.1) is 0 Å². The van der Waals surface area contributed by atoms with Crippen LogP contribution in [0.5, 0.6) is 0 Å². The van der Waals surface area contributed by atoms with Gasteiger partial charge >= 0.3 is 0 Å². The van der Waals surface area contributed by atoms with Crippen LogP contribution in [0.3, 0.4) is 0 Å². The molecule has 88 valence electrons. The fourth-order valence-electron chi connectivity index (χ4n) is 2.28. The maximum atomic E-state index is 6.31. The first-order valence-corrected chi connectivity index (χ1v) is 7.14. The van der Waals surface area contributed by atoms with Crippen molar-refractivity contribution in [1.29, 1.82) is 0 Å². The summed E-state index contributed by atoms with van der Waals surface area (Å²) in [6.07, 6.45) is 4.60. The molecular weight excluding hydrogens is 216 g/mol. The quantitative estimate of drug-likeness (QED) is 0.792. The highest BCUT2D eigenvalue weighted by Gasteiger charge is 2.21. The molecule has 2 nitrogen and oxygen atoms in total. The summed E-state index contributed by atoms with van der Waals surface area (Å²) >= 11 is 1.77. The van der Waals surface area contributed by atoms with Crippen molar-refractivity contribution in [3.8, 4) is 0 Å². The zero-order chi connectivity index (χ0) is 11.4. The molecule has 1 fully saturated rings. The molecule has 2 rings (SSSR count). The summed E-state index contributed by atoms with van der Waals surface area (Å²) in [5.74, 6) is 0.592. The summed E-state index contributed by atoms with van der Waals surface area (Å²) in [5, 5.41) is 3.42. The van der Waals surface area contributed by atoms with Crippen LogP contribution in [0.15, 0.2) is 29.2 Å². The van der Waals surface area contributed by atoms with E-state index in [2.05, 4.69) is 35.8 Å². The van der Waals surface area contributed by atoms with Crippen molar-refractivity contribution in [2.75, 3.05) is 19.3 Å². The van der Waals surface area contributed by atoms with Crippen LogP contribution in [-0.4, -0.2) is 19.3 Å². The Morgan fingerprint density at radius 1 is 1.38 bits per heavy atom. The molecule has 2 atom stereocenters. The summed E-state index contributed by atoms with van der Waals surface area (Å²) in [5.41, 5.74) is 7.58. The van der Waals surface area contributed by atoms with Crippen LogP contribution in [0, 0.1) is 5.92 Å². The van der Waals surface area contributed by atoms with Gasteiger partial charge in [-0.3, -0.25) is 0 Å². The molecule has 1 aliphatic rings. The van der Waals surface area contributed by atoms with Crippen molar-refractivity contribution in [1.82, 2.24) is 5.32 Å². The Morgan fingerprint density at radius 2 is 2.12 bits per heavy atom. The van der Waals surface area contributed by atoms with Gasteiger partial charge in [0.2, 0.25) is 0 Å². The Balaban J connectivity index is 2.04. The van der Waals surface area contributed by atoms with Gasteiger partial charge in [-0.15, -0.1) is 11.8 Å². The molecule has 1 aromatic carbocycles. The molecule has 0 radical (unpaired) electrons. The zero-order valence-electron chi connectivity index (χ0n) is 9.78. The van der Waals surface area contributed by atoms with E-state index in [1.165, 1.54) is 23.3 Å². The number of rotatable bonds is 3. The number of benzene rings is 1. The number of nitrogens with one attached hydrogen (secondary N) is 1. The lowest BCUT2D eigenvalue weighted by Gasteiger charge is -2.28. The second-order valence-corrected chi connectivity index (χ2v) is 5.29. The monoisotopic (exact) mass is 236 g/mol. The second kappa shape index (κ2) is 5.71. The highest BCUT2D eigenvalue weighted by molar-refractivity contribution is 7.98. The predicted molar refractivity (Wildman–Crippen MR) is 70.7 cm³/mol. The van der Waals surface area contributed by atoms with E-state index in [0.717, 1.165) is 13.1 Å². The molecule has 0 spiro atoms. The lowest BCUT2D eigenvalue weighted by molar-refractivity contribution is 0.326. The number of piperidine rings is 1. The summed E-state index contributed by atoms with van der Waals surface area (Å²) in [4.78, 5) is 1.30. The Labute approximate surface area is 102 Å². The third-order valence-corrected chi connectivity index (χ3v) is 4.09. The van der Waals surface area contributed by atoms with Crippen LogP contribution in [-0.2, 0) is 0 Å². The average Bonchev–Trinajstić information content (AvgIpc) is 2.39. The summed E-state index contributed by atoms with van der Waals surface area (Å²) in [6, 6.07) is 8.85. The van der Waals surface area contributed by atoms with E-state index < -0.39 is 0 Å². The number of thioether (sulfide) groups is 1. The standard InChI is InChI=1S/C13H20N2S/c1-16-12-6-4-10(5-7-12)13(14)11-3-2-8-15-9-11/h4-7,11,13,15H,2-3,8-9,14H2,1H3. The lowest BCUT2D eigenvalue weighted by atomic mass is 9.88. The van der Waals surface area contributed by atoms with E-state index in [1.807, 2.05) is 0 Å². The normalized spacial score (nSPS) is 23.0. The minimum Gasteiger partial charge on any atom is -0.324 e. The minimum atomic E-state index is 0.184. The van der Waals surface area contributed by atoms with Crippen LogP contribution in [0.25, 0.3) is 0 Å². The number of hydrogen-bond donors (Lipinski definition) is 2. The van der Waals surface area contributed by atoms with Crippen molar-refractivity contribution in [3.05, 3.63) is 29.8 Å². The van der Waals surface area contributed by atoms with Gasteiger partial charge in [0.1, 0.15) is 0 Å². The van der Waals surface area contributed by atoms with Gasteiger partial charge in [-0.05, 0) is 55.8 Å². The van der Waals surface area contributed by atoms with E-state index in [1.54, 1.807) is 11.8 Å². The molecule has 3 N–H and O–H groups in total. The second-order valence-electron chi connectivity index (χ2n) is 4.41. The average molecular weight is 236 g/mol. The maximum absolute atomic E-state index is 6.31. The first-order valence-electron chi connectivity index (χ1n) is 5.91. The van der Waals surface area contributed by atoms with Crippen molar-refractivity contribution in [3.63, 3.8) is 0 Å². The van der Waals surface area contributed by atoms with Crippen LogP contribution < -0.4 is 11.1 Å². The first-order chi connectivity index (χ1) is 7.81. The molecule has 0 bridgehead atoms. The molecule has 1 aromatic rings. The van der Waals surface area contributed by atoms with E-state index >= 15 is 0 Å². The molecule has 0 aliphatic carbocycles. The third kappa shape index (κ3) is 2.78. The van der Waals surface area contributed by atoms with E-state index in [9.17, 15) is 0 Å². The fraction of sp³-hybridized carbons (Fsp3) is 0.538. The van der Waals surface area contributed by atoms with Gasteiger partial charge in [-0.2, -0.15) is 0 Å². The Kier molecular flexibility index (Phi) is 4.27. The minimum absolute atomic E-state index is 0.184. The largest absolute Gasteiger partial charge is 0.324 e. The molecule has 1 heterocycles. The third-order valence-electron chi connectivity index (χ3n) is 3.34. The van der Waals surface area contributed by atoms with Crippen LogP contribution in [0.1, 0.15) is 24.4 Å². The molecular formula is C13H20N2S. The summed E-state index contributed by atoms with van der Waals surface area (Å²) < 4.78 is 0. The molecule has 0 saturated carbocycles. The van der Waals surface area contributed by atoms with Crippen LogP contribution in [0.4, 0.5) is 0 Å². The van der Waals surface area contributed by atoms with Crippen LogP contribution >= 0.6 is 11.8 Å². The van der Waals surface area contributed by atoms with Crippen molar-refractivity contribution >= 4 is 11.8 Å².